The molecule has 1 amide bonds. The molecular weight excluding hydrogens is 360 g/mol. The zero-order valence-electron chi connectivity index (χ0n) is 17.7. The first-order valence-electron chi connectivity index (χ1n) is 10.6. The van der Waals surface area contributed by atoms with Crippen LogP contribution in [0.5, 0.6) is 0 Å². The summed E-state index contributed by atoms with van der Waals surface area (Å²) >= 11 is 0. The van der Waals surface area contributed by atoms with Crippen molar-refractivity contribution in [2.24, 2.45) is 5.73 Å². The molecule has 0 saturated carbocycles. The highest BCUT2D eigenvalue weighted by Gasteiger charge is 2.23. The number of hydrogen-bond donors (Lipinski definition) is 2. The van der Waals surface area contributed by atoms with Gasteiger partial charge in [-0.25, -0.2) is 8.78 Å². The molecule has 0 aliphatic carbocycles. The zero-order chi connectivity index (χ0) is 21.7. The Bertz CT molecular complexity index is 803. The third-order valence-corrected chi connectivity index (χ3v) is 4.94. The maximum Gasteiger partial charge on any atom is 0.235 e. The topological polar surface area (TPSA) is 58.4 Å². The van der Waals surface area contributed by atoms with E-state index in [1.165, 1.54) is 48.5 Å². The molecule has 0 spiro atoms. The minimum atomic E-state index is -1.46. The highest BCUT2D eigenvalue weighted by atomic mass is 19.1. The summed E-state index contributed by atoms with van der Waals surface area (Å²) in [5.74, 6) is -2.66. The van der Waals surface area contributed by atoms with E-state index >= 15 is 0 Å². The van der Waals surface area contributed by atoms with E-state index in [1.807, 2.05) is 0 Å². The first kappa shape index (κ1) is 17.8. The summed E-state index contributed by atoms with van der Waals surface area (Å²) in [4.78, 5) is 13.5. The van der Waals surface area contributed by atoms with Gasteiger partial charge in [-0.3, -0.25) is 9.69 Å². The second-order valence-corrected chi connectivity index (χ2v) is 6.98. The average Bonchev–Trinajstić information content (AvgIpc) is 2.74. The number of nitrogens with two attached hydrogens (primary N) is 1. The highest BCUT2D eigenvalue weighted by molar-refractivity contribution is 5.80. The third-order valence-electron chi connectivity index (χ3n) is 4.94. The smallest absolute Gasteiger partial charge is 0.235 e. The summed E-state index contributed by atoms with van der Waals surface area (Å²) in [6.45, 7) is 2.67. The summed E-state index contributed by atoms with van der Waals surface area (Å²) in [6.07, 6.45) is 0.231. The van der Waals surface area contributed by atoms with Gasteiger partial charge in [0.15, 0.2) is 0 Å². The van der Waals surface area contributed by atoms with Gasteiger partial charge in [0.05, 0.1) is 6.04 Å². The van der Waals surface area contributed by atoms with E-state index in [9.17, 15) is 13.6 Å². The third kappa shape index (κ3) is 5.59. The molecule has 6 heteroatoms. The van der Waals surface area contributed by atoms with E-state index in [1.54, 1.807) is 0 Å². The summed E-state index contributed by atoms with van der Waals surface area (Å²) < 4.78 is 44.8. The number of rotatable bonds is 8. The van der Waals surface area contributed by atoms with Crippen LogP contribution in [0.4, 0.5) is 8.78 Å². The number of primary amides is 1. The molecule has 28 heavy (non-hydrogen) atoms. The Morgan fingerprint density at radius 1 is 1.14 bits per heavy atom. The quantitative estimate of drug-likeness (QED) is 0.727. The van der Waals surface area contributed by atoms with Crippen molar-refractivity contribution in [1.82, 2.24) is 10.2 Å². The predicted molar refractivity (Wildman–Crippen MR) is 106 cm³/mol. The number of amides is 1. The maximum absolute atomic E-state index is 13.4. The fraction of sp³-hybridized carbons (Fsp3) is 0.409. The number of piperazine rings is 1. The van der Waals surface area contributed by atoms with Crippen molar-refractivity contribution < 1.29 is 16.3 Å². The molecule has 2 unspecified atom stereocenters. The molecular formula is C22H27F2N3O. The van der Waals surface area contributed by atoms with Crippen LogP contribution in [0.1, 0.15) is 39.0 Å². The zero-order valence-corrected chi connectivity index (χ0v) is 15.7. The number of carbonyl (C=O) groups is 1. The number of benzene rings is 2. The van der Waals surface area contributed by atoms with Gasteiger partial charge in [-0.15, -0.1) is 0 Å². The molecule has 3 N–H and O–H groups in total. The number of hydrogen-bond acceptors (Lipinski definition) is 3. The number of halogens is 2. The second-order valence-electron chi connectivity index (χ2n) is 6.98. The first-order valence-corrected chi connectivity index (χ1v) is 9.50. The Balaban J connectivity index is 1.72. The lowest BCUT2D eigenvalue weighted by molar-refractivity contribution is -0.121. The summed E-state index contributed by atoms with van der Waals surface area (Å²) in [5, 5.41) is 3.08. The SMILES string of the molecule is [3H]C(CCCN1CCNC(C(N)=O)C1)C([3H])(c1ccc(F)cc1)c1ccc(F)cc1. The van der Waals surface area contributed by atoms with Crippen LogP contribution in [-0.4, -0.2) is 43.0 Å². The van der Waals surface area contributed by atoms with Crippen molar-refractivity contribution in [3.8, 4) is 0 Å². The fourth-order valence-electron chi connectivity index (χ4n) is 3.43. The Morgan fingerprint density at radius 3 is 2.25 bits per heavy atom. The first-order chi connectivity index (χ1) is 14.3. The van der Waals surface area contributed by atoms with Crippen LogP contribution >= 0.6 is 0 Å². The van der Waals surface area contributed by atoms with E-state index in [2.05, 4.69) is 10.2 Å². The van der Waals surface area contributed by atoms with Crippen molar-refractivity contribution in [3.05, 3.63) is 71.3 Å². The van der Waals surface area contributed by atoms with Crippen LogP contribution < -0.4 is 11.1 Å². The van der Waals surface area contributed by atoms with Crippen LogP contribution in [0.2, 0.25) is 0 Å². The van der Waals surface area contributed by atoms with Crippen LogP contribution in [0.15, 0.2) is 48.5 Å². The van der Waals surface area contributed by atoms with E-state index in [0.717, 1.165) is 6.54 Å². The maximum atomic E-state index is 13.4. The minimum absolute atomic E-state index is 0.376. The lowest BCUT2D eigenvalue weighted by Crippen LogP contribution is -2.56. The van der Waals surface area contributed by atoms with E-state index < -0.39 is 23.9 Å². The summed E-state index contributed by atoms with van der Waals surface area (Å²) in [5.41, 5.74) is 6.36. The molecule has 1 aliphatic rings. The van der Waals surface area contributed by atoms with Crippen LogP contribution in [0, 0.1) is 11.6 Å². The van der Waals surface area contributed by atoms with Gasteiger partial charge in [0.25, 0.3) is 0 Å². The van der Waals surface area contributed by atoms with Crippen molar-refractivity contribution in [2.45, 2.75) is 31.2 Å². The van der Waals surface area contributed by atoms with Gasteiger partial charge in [0.1, 0.15) is 11.6 Å². The van der Waals surface area contributed by atoms with Crippen molar-refractivity contribution >= 4 is 5.91 Å². The molecule has 1 fully saturated rings. The molecule has 150 valence electrons. The number of carbonyl (C=O) groups excluding carboxylic acids is 1. The standard InChI is InChI=1S/C22H27F2N3O/c23-18-8-4-16(5-9-18)20(17-6-10-19(24)11-7-17)3-1-2-13-27-14-12-26-21(15-27)22(25)28/h4-11,20-21,26H,1-3,12-15H2,(H2,25,28)/i3T,20T. The number of nitrogens with zero attached hydrogens (tertiary/aromatic N) is 1. The number of nitrogens with one attached hydrogen (secondary N) is 1. The molecule has 0 radical (unpaired) electrons. The second kappa shape index (κ2) is 9.75. The molecule has 2 aromatic rings. The predicted octanol–water partition coefficient (Wildman–Crippen LogP) is 3.03. The van der Waals surface area contributed by atoms with E-state index in [0.29, 0.717) is 43.6 Å². The molecule has 2 aromatic carbocycles. The van der Waals surface area contributed by atoms with Gasteiger partial charge >= 0.3 is 0 Å². The van der Waals surface area contributed by atoms with Gasteiger partial charge in [0, 0.05) is 28.3 Å². The molecule has 4 nitrogen and oxygen atoms in total. The Hall–Kier alpha value is -2.31. The molecule has 1 aliphatic heterocycles. The van der Waals surface area contributed by atoms with E-state index in [4.69, 9.17) is 8.48 Å². The highest BCUT2D eigenvalue weighted by Crippen LogP contribution is 2.30. The van der Waals surface area contributed by atoms with Crippen LogP contribution in [-0.2, 0) is 4.79 Å². The van der Waals surface area contributed by atoms with Crippen LogP contribution in [0.3, 0.4) is 0 Å². The summed E-state index contributed by atoms with van der Waals surface area (Å²) in [7, 11) is 0. The van der Waals surface area contributed by atoms with Gasteiger partial charge in [-0.2, -0.15) is 0 Å². The van der Waals surface area contributed by atoms with Gasteiger partial charge in [-0.1, -0.05) is 30.7 Å². The lowest BCUT2D eigenvalue weighted by Gasteiger charge is -2.32. The lowest BCUT2D eigenvalue weighted by atomic mass is 9.87. The molecule has 3 rings (SSSR count). The average molecular weight is 391 g/mol. The van der Waals surface area contributed by atoms with Gasteiger partial charge in [0.2, 0.25) is 5.91 Å². The van der Waals surface area contributed by atoms with E-state index in [-0.39, 0.29) is 11.9 Å². The molecule has 1 heterocycles. The minimum Gasteiger partial charge on any atom is -0.368 e. The summed E-state index contributed by atoms with van der Waals surface area (Å²) in [6, 6.07) is 10.8. The molecule has 0 bridgehead atoms. The Kier molecular flexibility index (Phi) is 6.19. The molecule has 0 aromatic heterocycles. The molecule has 2 atom stereocenters. The van der Waals surface area contributed by atoms with Crippen molar-refractivity contribution in [2.75, 3.05) is 26.2 Å². The normalized spacial score (nSPS) is 20.3. The van der Waals surface area contributed by atoms with Crippen LogP contribution in [0.25, 0.3) is 0 Å². The fourth-order valence-corrected chi connectivity index (χ4v) is 3.43. The largest absolute Gasteiger partial charge is 0.368 e. The van der Waals surface area contributed by atoms with Crippen molar-refractivity contribution in [3.63, 3.8) is 0 Å². The van der Waals surface area contributed by atoms with Crippen molar-refractivity contribution in [1.29, 1.82) is 0 Å². The van der Waals surface area contributed by atoms with Gasteiger partial charge < -0.3 is 11.1 Å². The molecule has 1 saturated heterocycles. The Morgan fingerprint density at radius 2 is 1.71 bits per heavy atom. The Labute approximate surface area is 167 Å². The van der Waals surface area contributed by atoms with Gasteiger partial charge in [-0.05, 0) is 54.8 Å². The monoisotopic (exact) mass is 391 g/mol.